The zero-order chi connectivity index (χ0) is 12.8. The minimum atomic E-state index is -0.235. The standard InChI is InChI=1S/C14H23N3O/c1-3-9-15-11-12-6-10-16-13(17-12)14(18-2)7-4-5-8-14/h6,10,15H,3-5,7-9,11H2,1-2H3. The van der Waals surface area contributed by atoms with Gasteiger partial charge in [0.25, 0.3) is 0 Å². The fourth-order valence-corrected chi connectivity index (χ4v) is 2.57. The quantitative estimate of drug-likeness (QED) is 0.786. The van der Waals surface area contributed by atoms with E-state index in [2.05, 4.69) is 22.2 Å². The first kappa shape index (κ1) is 13.4. The molecule has 0 amide bonds. The van der Waals surface area contributed by atoms with E-state index in [4.69, 9.17) is 4.74 Å². The Morgan fingerprint density at radius 2 is 2.17 bits per heavy atom. The minimum absolute atomic E-state index is 0.235. The maximum Gasteiger partial charge on any atom is 0.160 e. The summed E-state index contributed by atoms with van der Waals surface area (Å²) in [6.45, 7) is 3.99. The van der Waals surface area contributed by atoms with Crippen molar-refractivity contribution in [1.82, 2.24) is 15.3 Å². The third kappa shape index (κ3) is 2.87. The maximum absolute atomic E-state index is 5.72. The summed E-state index contributed by atoms with van der Waals surface area (Å²) in [5, 5.41) is 3.37. The molecule has 0 bridgehead atoms. The number of methoxy groups -OCH3 is 1. The topological polar surface area (TPSA) is 47.0 Å². The molecular formula is C14H23N3O. The third-order valence-electron chi connectivity index (χ3n) is 3.66. The van der Waals surface area contributed by atoms with E-state index in [0.717, 1.165) is 43.9 Å². The van der Waals surface area contributed by atoms with Crippen LogP contribution in [-0.4, -0.2) is 23.6 Å². The molecule has 0 unspecified atom stereocenters. The zero-order valence-corrected chi connectivity index (χ0v) is 11.4. The molecule has 0 aromatic carbocycles. The van der Waals surface area contributed by atoms with Gasteiger partial charge in [-0.25, -0.2) is 9.97 Å². The van der Waals surface area contributed by atoms with Crippen LogP contribution in [0.3, 0.4) is 0 Å². The van der Waals surface area contributed by atoms with E-state index in [0.29, 0.717) is 0 Å². The Morgan fingerprint density at radius 1 is 1.39 bits per heavy atom. The fraction of sp³-hybridized carbons (Fsp3) is 0.714. The third-order valence-corrected chi connectivity index (χ3v) is 3.66. The van der Waals surface area contributed by atoms with E-state index < -0.39 is 0 Å². The van der Waals surface area contributed by atoms with Crippen LogP contribution in [0.5, 0.6) is 0 Å². The highest BCUT2D eigenvalue weighted by molar-refractivity contribution is 5.10. The van der Waals surface area contributed by atoms with Crippen LogP contribution in [0.4, 0.5) is 0 Å². The Bertz CT molecular complexity index is 375. The van der Waals surface area contributed by atoms with Gasteiger partial charge in [0, 0.05) is 19.9 Å². The number of rotatable bonds is 6. The Balaban J connectivity index is 2.10. The Morgan fingerprint density at radius 3 is 2.83 bits per heavy atom. The van der Waals surface area contributed by atoms with Crippen molar-refractivity contribution in [2.24, 2.45) is 0 Å². The van der Waals surface area contributed by atoms with Crippen LogP contribution >= 0.6 is 0 Å². The fourth-order valence-electron chi connectivity index (χ4n) is 2.57. The van der Waals surface area contributed by atoms with E-state index in [-0.39, 0.29) is 5.60 Å². The van der Waals surface area contributed by atoms with Crippen molar-refractivity contribution < 1.29 is 4.74 Å². The second-order valence-corrected chi connectivity index (χ2v) is 4.95. The lowest BCUT2D eigenvalue weighted by atomic mass is 10.0. The van der Waals surface area contributed by atoms with Crippen LogP contribution in [0, 0.1) is 0 Å². The Labute approximate surface area is 109 Å². The van der Waals surface area contributed by atoms with Gasteiger partial charge in [-0.05, 0) is 44.7 Å². The van der Waals surface area contributed by atoms with Crippen LogP contribution in [0.2, 0.25) is 0 Å². The molecule has 0 radical (unpaired) electrons. The first-order valence-electron chi connectivity index (χ1n) is 6.89. The number of nitrogens with one attached hydrogen (secondary N) is 1. The van der Waals surface area contributed by atoms with Crippen molar-refractivity contribution in [3.05, 3.63) is 23.8 Å². The molecule has 0 aliphatic heterocycles. The van der Waals surface area contributed by atoms with E-state index >= 15 is 0 Å². The molecular weight excluding hydrogens is 226 g/mol. The van der Waals surface area contributed by atoms with Crippen molar-refractivity contribution in [1.29, 1.82) is 0 Å². The van der Waals surface area contributed by atoms with Crippen LogP contribution in [-0.2, 0) is 16.9 Å². The van der Waals surface area contributed by atoms with Crippen LogP contribution in [0.15, 0.2) is 12.3 Å². The molecule has 1 aromatic heterocycles. The number of nitrogens with zero attached hydrogens (tertiary/aromatic N) is 2. The van der Waals surface area contributed by atoms with Gasteiger partial charge in [0.2, 0.25) is 0 Å². The average molecular weight is 249 g/mol. The molecule has 4 nitrogen and oxygen atoms in total. The van der Waals surface area contributed by atoms with Crippen molar-refractivity contribution in [2.45, 2.75) is 51.2 Å². The number of aromatic nitrogens is 2. The van der Waals surface area contributed by atoms with Gasteiger partial charge in [0.1, 0.15) is 5.60 Å². The first-order chi connectivity index (χ1) is 8.80. The molecule has 0 saturated heterocycles. The van der Waals surface area contributed by atoms with Crippen LogP contribution in [0.1, 0.15) is 50.5 Å². The molecule has 1 aromatic rings. The first-order valence-corrected chi connectivity index (χ1v) is 6.89. The normalized spacial score (nSPS) is 18.1. The van der Waals surface area contributed by atoms with Crippen molar-refractivity contribution in [3.8, 4) is 0 Å². The number of hydrogen-bond donors (Lipinski definition) is 1. The Hall–Kier alpha value is -1.00. The molecule has 0 atom stereocenters. The minimum Gasteiger partial charge on any atom is -0.370 e. The molecule has 0 spiro atoms. The maximum atomic E-state index is 5.72. The van der Waals surface area contributed by atoms with Crippen LogP contribution < -0.4 is 5.32 Å². The summed E-state index contributed by atoms with van der Waals surface area (Å²) in [4.78, 5) is 9.10. The summed E-state index contributed by atoms with van der Waals surface area (Å²) in [6, 6.07) is 1.98. The second-order valence-electron chi connectivity index (χ2n) is 4.95. The SMILES string of the molecule is CCCNCc1ccnc(C2(OC)CCCC2)n1. The summed E-state index contributed by atoms with van der Waals surface area (Å²) in [7, 11) is 1.77. The Kier molecular flexibility index (Phi) is 4.66. The predicted molar refractivity (Wildman–Crippen MR) is 71.2 cm³/mol. The molecule has 4 heteroatoms. The summed E-state index contributed by atoms with van der Waals surface area (Å²) in [6.07, 6.45) is 7.47. The van der Waals surface area contributed by atoms with Crippen molar-refractivity contribution in [3.63, 3.8) is 0 Å². The molecule has 18 heavy (non-hydrogen) atoms. The highest BCUT2D eigenvalue weighted by atomic mass is 16.5. The molecule has 1 saturated carbocycles. The summed E-state index contributed by atoms with van der Waals surface area (Å²) < 4.78 is 5.72. The highest BCUT2D eigenvalue weighted by Crippen LogP contribution is 2.39. The van der Waals surface area contributed by atoms with Gasteiger partial charge in [-0.3, -0.25) is 0 Å². The molecule has 2 rings (SSSR count). The van der Waals surface area contributed by atoms with Crippen molar-refractivity contribution in [2.75, 3.05) is 13.7 Å². The molecule has 1 fully saturated rings. The van der Waals surface area contributed by atoms with Crippen LogP contribution in [0.25, 0.3) is 0 Å². The predicted octanol–water partition coefficient (Wildman–Crippen LogP) is 2.39. The lowest BCUT2D eigenvalue weighted by Gasteiger charge is -2.25. The largest absolute Gasteiger partial charge is 0.370 e. The molecule has 1 heterocycles. The smallest absolute Gasteiger partial charge is 0.160 e. The second kappa shape index (κ2) is 6.25. The average Bonchev–Trinajstić information content (AvgIpc) is 2.89. The van der Waals surface area contributed by atoms with Gasteiger partial charge in [0.15, 0.2) is 5.82 Å². The number of hydrogen-bond acceptors (Lipinski definition) is 4. The monoisotopic (exact) mass is 249 g/mol. The summed E-state index contributed by atoms with van der Waals surface area (Å²) in [5.74, 6) is 0.860. The van der Waals surface area contributed by atoms with E-state index in [1.807, 2.05) is 12.3 Å². The zero-order valence-electron chi connectivity index (χ0n) is 11.4. The molecule has 1 N–H and O–H groups in total. The van der Waals surface area contributed by atoms with Crippen molar-refractivity contribution >= 4 is 0 Å². The van der Waals surface area contributed by atoms with Gasteiger partial charge in [0.05, 0.1) is 5.69 Å². The van der Waals surface area contributed by atoms with E-state index in [9.17, 15) is 0 Å². The number of ether oxygens (including phenoxy) is 1. The summed E-state index contributed by atoms with van der Waals surface area (Å²) >= 11 is 0. The van der Waals surface area contributed by atoms with E-state index in [1.54, 1.807) is 7.11 Å². The highest BCUT2D eigenvalue weighted by Gasteiger charge is 2.38. The van der Waals surface area contributed by atoms with Gasteiger partial charge in [-0.15, -0.1) is 0 Å². The summed E-state index contributed by atoms with van der Waals surface area (Å²) in [5.41, 5.74) is 0.817. The van der Waals surface area contributed by atoms with Gasteiger partial charge in [-0.2, -0.15) is 0 Å². The lowest BCUT2D eigenvalue weighted by molar-refractivity contribution is -0.0164. The molecule has 100 valence electrons. The lowest BCUT2D eigenvalue weighted by Crippen LogP contribution is -2.28. The molecule has 1 aliphatic rings. The van der Waals surface area contributed by atoms with Gasteiger partial charge < -0.3 is 10.1 Å². The van der Waals surface area contributed by atoms with Gasteiger partial charge in [-0.1, -0.05) is 6.92 Å². The van der Waals surface area contributed by atoms with E-state index in [1.165, 1.54) is 12.8 Å². The van der Waals surface area contributed by atoms with Gasteiger partial charge >= 0.3 is 0 Å². The molecule has 1 aliphatic carbocycles.